The van der Waals surface area contributed by atoms with Crippen LogP contribution in [-0.2, 0) is 0 Å². The zero-order valence-electron chi connectivity index (χ0n) is 7.63. The van der Waals surface area contributed by atoms with Gasteiger partial charge in [-0.2, -0.15) is 11.3 Å². The van der Waals surface area contributed by atoms with Gasteiger partial charge in [-0.05, 0) is 48.8 Å². The van der Waals surface area contributed by atoms with E-state index in [4.69, 9.17) is 0 Å². The molecule has 0 aromatic carbocycles. The van der Waals surface area contributed by atoms with Gasteiger partial charge < -0.3 is 5.32 Å². The van der Waals surface area contributed by atoms with Gasteiger partial charge in [0.1, 0.15) is 0 Å². The van der Waals surface area contributed by atoms with E-state index < -0.39 is 0 Å². The molecule has 0 fully saturated rings. The quantitative estimate of drug-likeness (QED) is 0.704. The van der Waals surface area contributed by atoms with Gasteiger partial charge in [0.15, 0.2) is 0 Å². The first-order chi connectivity index (χ1) is 5.84. The van der Waals surface area contributed by atoms with E-state index >= 15 is 0 Å². The summed E-state index contributed by atoms with van der Waals surface area (Å²) in [6.07, 6.45) is 5.51. The number of nitrogens with one attached hydrogen (secondary N) is 1. The number of hydrogen-bond acceptors (Lipinski definition) is 2. The van der Waals surface area contributed by atoms with E-state index in [1.807, 2.05) is 7.05 Å². The molecule has 1 nitrogen and oxygen atoms in total. The first-order valence-corrected chi connectivity index (χ1v) is 5.13. The lowest BCUT2D eigenvalue weighted by molar-refractivity contribution is 0.809. The highest BCUT2D eigenvalue weighted by Crippen LogP contribution is 2.15. The van der Waals surface area contributed by atoms with Gasteiger partial charge in [-0.3, -0.25) is 0 Å². The van der Waals surface area contributed by atoms with Crippen LogP contribution in [0.15, 0.2) is 16.8 Å². The van der Waals surface area contributed by atoms with Crippen LogP contribution < -0.4 is 5.32 Å². The van der Waals surface area contributed by atoms with Gasteiger partial charge in [0, 0.05) is 0 Å². The maximum absolute atomic E-state index is 3.11. The summed E-state index contributed by atoms with van der Waals surface area (Å²) in [6.45, 7) is 3.20. The molecule has 0 saturated carbocycles. The molecule has 0 aliphatic rings. The molecule has 0 radical (unpaired) electrons. The van der Waals surface area contributed by atoms with Gasteiger partial charge in [-0.25, -0.2) is 0 Å². The number of rotatable bonds is 4. The van der Waals surface area contributed by atoms with E-state index in [9.17, 15) is 0 Å². The SMILES string of the molecule is CNCCC=Cc1cscc1C. The van der Waals surface area contributed by atoms with Crippen molar-refractivity contribution < 1.29 is 0 Å². The summed E-state index contributed by atoms with van der Waals surface area (Å²) in [5.41, 5.74) is 2.73. The summed E-state index contributed by atoms with van der Waals surface area (Å²) >= 11 is 1.76. The third-order valence-corrected chi connectivity index (χ3v) is 2.63. The highest BCUT2D eigenvalue weighted by Gasteiger charge is 1.91. The van der Waals surface area contributed by atoms with Crippen molar-refractivity contribution in [1.82, 2.24) is 5.32 Å². The second-order valence-electron chi connectivity index (χ2n) is 2.80. The average molecular weight is 181 g/mol. The molecule has 1 rings (SSSR count). The van der Waals surface area contributed by atoms with E-state index in [0.717, 1.165) is 13.0 Å². The zero-order valence-corrected chi connectivity index (χ0v) is 8.45. The van der Waals surface area contributed by atoms with E-state index in [1.54, 1.807) is 11.3 Å². The van der Waals surface area contributed by atoms with Crippen molar-refractivity contribution in [3.05, 3.63) is 28.0 Å². The smallest absolute Gasteiger partial charge is 0.00172 e. The van der Waals surface area contributed by atoms with Crippen LogP contribution in [-0.4, -0.2) is 13.6 Å². The Morgan fingerprint density at radius 1 is 1.50 bits per heavy atom. The molecule has 1 N–H and O–H groups in total. The Hall–Kier alpha value is -0.600. The molecule has 1 aromatic rings. The van der Waals surface area contributed by atoms with Crippen LogP contribution in [0.3, 0.4) is 0 Å². The first kappa shape index (κ1) is 9.49. The second-order valence-corrected chi connectivity index (χ2v) is 3.55. The highest BCUT2D eigenvalue weighted by molar-refractivity contribution is 7.08. The van der Waals surface area contributed by atoms with Crippen molar-refractivity contribution in [1.29, 1.82) is 0 Å². The van der Waals surface area contributed by atoms with E-state index in [2.05, 4.69) is 35.2 Å². The molecule has 0 saturated heterocycles. The van der Waals surface area contributed by atoms with Crippen molar-refractivity contribution in [2.75, 3.05) is 13.6 Å². The minimum absolute atomic E-state index is 1.06. The Bertz CT molecular complexity index is 250. The molecule has 0 amide bonds. The Balaban J connectivity index is 2.41. The molecule has 0 spiro atoms. The molecule has 0 aliphatic carbocycles. The van der Waals surface area contributed by atoms with Crippen molar-refractivity contribution in [3.63, 3.8) is 0 Å². The van der Waals surface area contributed by atoms with Crippen LogP contribution in [0.2, 0.25) is 0 Å². The fourth-order valence-electron chi connectivity index (χ4n) is 0.979. The minimum Gasteiger partial charge on any atom is -0.319 e. The van der Waals surface area contributed by atoms with Crippen molar-refractivity contribution in [3.8, 4) is 0 Å². The second kappa shape index (κ2) is 5.12. The third-order valence-electron chi connectivity index (χ3n) is 1.75. The molecule has 66 valence electrons. The maximum Gasteiger partial charge on any atom is -0.00172 e. The first-order valence-electron chi connectivity index (χ1n) is 4.18. The Morgan fingerprint density at radius 2 is 2.33 bits per heavy atom. The van der Waals surface area contributed by atoms with Gasteiger partial charge >= 0.3 is 0 Å². The molecule has 1 aromatic heterocycles. The van der Waals surface area contributed by atoms with Crippen LogP contribution in [0.4, 0.5) is 0 Å². The molecule has 0 unspecified atom stereocenters. The molecule has 0 bridgehead atoms. The summed E-state index contributed by atoms with van der Waals surface area (Å²) in [6, 6.07) is 0. The standard InChI is InChI=1S/C10H15NS/c1-9-7-12-8-10(9)5-3-4-6-11-2/h3,5,7-8,11H,4,6H2,1-2H3. The van der Waals surface area contributed by atoms with Crippen LogP contribution in [0.25, 0.3) is 6.08 Å². The minimum atomic E-state index is 1.06. The lowest BCUT2D eigenvalue weighted by Crippen LogP contribution is -2.05. The molecule has 12 heavy (non-hydrogen) atoms. The van der Waals surface area contributed by atoms with Crippen LogP contribution in [0, 0.1) is 6.92 Å². The highest BCUT2D eigenvalue weighted by atomic mass is 32.1. The topological polar surface area (TPSA) is 12.0 Å². The van der Waals surface area contributed by atoms with E-state index in [1.165, 1.54) is 11.1 Å². The van der Waals surface area contributed by atoms with E-state index in [-0.39, 0.29) is 0 Å². The van der Waals surface area contributed by atoms with Gasteiger partial charge in [0.25, 0.3) is 0 Å². The summed E-state index contributed by atoms with van der Waals surface area (Å²) in [4.78, 5) is 0. The molecule has 2 heteroatoms. The molecular formula is C10H15NS. The summed E-state index contributed by atoms with van der Waals surface area (Å²) in [5, 5.41) is 7.48. The fourth-order valence-corrected chi connectivity index (χ4v) is 1.80. The number of hydrogen-bond donors (Lipinski definition) is 1. The number of aryl methyl sites for hydroxylation is 1. The summed E-state index contributed by atoms with van der Waals surface area (Å²) < 4.78 is 0. The fraction of sp³-hybridized carbons (Fsp3) is 0.400. The Labute approximate surface area is 78.1 Å². The van der Waals surface area contributed by atoms with Gasteiger partial charge in [0.2, 0.25) is 0 Å². The Morgan fingerprint density at radius 3 is 2.92 bits per heavy atom. The maximum atomic E-state index is 3.11. The largest absolute Gasteiger partial charge is 0.319 e. The van der Waals surface area contributed by atoms with Crippen molar-refractivity contribution in [2.45, 2.75) is 13.3 Å². The summed E-state index contributed by atoms with van der Waals surface area (Å²) in [7, 11) is 1.98. The van der Waals surface area contributed by atoms with Crippen LogP contribution in [0.5, 0.6) is 0 Å². The number of thiophene rings is 1. The van der Waals surface area contributed by atoms with Crippen molar-refractivity contribution in [2.24, 2.45) is 0 Å². The van der Waals surface area contributed by atoms with Gasteiger partial charge in [-0.1, -0.05) is 12.2 Å². The van der Waals surface area contributed by atoms with Gasteiger partial charge in [0.05, 0.1) is 0 Å². The zero-order chi connectivity index (χ0) is 8.81. The molecule has 0 aliphatic heterocycles. The normalized spacial score (nSPS) is 11.2. The lowest BCUT2D eigenvalue weighted by atomic mass is 10.2. The summed E-state index contributed by atoms with van der Waals surface area (Å²) in [5.74, 6) is 0. The van der Waals surface area contributed by atoms with Crippen LogP contribution in [0.1, 0.15) is 17.5 Å². The van der Waals surface area contributed by atoms with Crippen LogP contribution >= 0.6 is 11.3 Å². The molecular weight excluding hydrogens is 166 g/mol. The van der Waals surface area contributed by atoms with E-state index in [0.29, 0.717) is 0 Å². The van der Waals surface area contributed by atoms with Gasteiger partial charge in [-0.15, -0.1) is 0 Å². The predicted molar refractivity (Wildman–Crippen MR) is 56.6 cm³/mol. The molecule has 0 atom stereocenters. The Kier molecular flexibility index (Phi) is 4.05. The third kappa shape index (κ3) is 2.80. The lowest BCUT2D eigenvalue weighted by Gasteiger charge is -1.91. The van der Waals surface area contributed by atoms with Crippen molar-refractivity contribution >= 4 is 17.4 Å². The predicted octanol–water partition coefficient (Wildman–Crippen LogP) is 2.68. The molecule has 1 heterocycles. The average Bonchev–Trinajstić information content (AvgIpc) is 2.46. The monoisotopic (exact) mass is 181 g/mol.